The van der Waals surface area contributed by atoms with Crippen LogP contribution in [0.2, 0.25) is 0 Å². The maximum Gasteiger partial charge on any atom is 0.0180 e. The third kappa shape index (κ3) is 7.56. The number of hydrogen-bond acceptors (Lipinski definition) is 1. The van der Waals surface area contributed by atoms with Crippen LogP contribution in [0, 0.1) is 11.8 Å². The lowest BCUT2D eigenvalue weighted by Gasteiger charge is -2.23. The minimum Gasteiger partial charge on any atom is -0.313 e. The molecule has 1 nitrogen and oxygen atoms in total. The molecule has 0 saturated heterocycles. The fourth-order valence-electron chi connectivity index (χ4n) is 1.73. The number of hydrogen-bond donors (Lipinski definition) is 1. The van der Waals surface area contributed by atoms with Crippen LogP contribution in [0.25, 0.3) is 0 Å². The van der Waals surface area contributed by atoms with Gasteiger partial charge in [0, 0.05) is 10.5 Å². The lowest BCUT2D eigenvalue weighted by Crippen LogP contribution is -2.38. The summed E-state index contributed by atoms with van der Waals surface area (Å²) in [7, 11) is 0. The lowest BCUT2D eigenvalue weighted by atomic mass is 9.98. The average molecular weight is 325 g/mol. The molecule has 0 amide bonds. The highest BCUT2D eigenvalue weighted by Gasteiger charge is 2.13. The van der Waals surface area contributed by atoms with Crippen LogP contribution in [0.4, 0.5) is 0 Å². The molecule has 0 bridgehead atoms. The minimum atomic E-state index is 0.696. The van der Waals surface area contributed by atoms with E-state index in [0.717, 1.165) is 11.8 Å². The molecular formula is C13H28IN. The minimum absolute atomic E-state index is 0.696. The summed E-state index contributed by atoms with van der Waals surface area (Å²) in [5.41, 5.74) is 0. The fraction of sp³-hybridized carbons (Fsp3) is 1.00. The molecule has 0 aromatic carbocycles. The molecule has 0 fully saturated rings. The van der Waals surface area contributed by atoms with Crippen LogP contribution in [0.1, 0.15) is 53.4 Å². The van der Waals surface area contributed by atoms with Crippen LogP contribution in [0.5, 0.6) is 0 Å². The molecule has 0 spiro atoms. The Morgan fingerprint density at radius 3 is 2.27 bits per heavy atom. The summed E-state index contributed by atoms with van der Waals surface area (Å²) in [6.07, 6.45) is 5.43. The van der Waals surface area contributed by atoms with Gasteiger partial charge in [0.15, 0.2) is 0 Å². The van der Waals surface area contributed by atoms with E-state index in [1.54, 1.807) is 0 Å². The molecule has 0 radical (unpaired) electrons. The highest BCUT2D eigenvalue weighted by Crippen LogP contribution is 2.13. The molecule has 2 unspecified atom stereocenters. The molecule has 1 N–H and O–H groups in total. The van der Waals surface area contributed by atoms with Gasteiger partial charge >= 0.3 is 0 Å². The lowest BCUT2D eigenvalue weighted by molar-refractivity contribution is 0.362. The average Bonchev–Trinajstić information content (AvgIpc) is 2.23. The van der Waals surface area contributed by atoms with Gasteiger partial charge in [-0.05, 0) is 24.8 Å². The predicted molar refractivity (Wildman–Crippen MR) is 78.8 cm³/mol. The summed E-state index contributed by atoms with van der Waals surface area (Å²) in [6, 6.07) is 0.696. The molecule has 0 aromatic rings. The molecule has 0 rings (SSSR count). The van der Waals surface area contributed by atoms with Gasteiger partial charge in [-0.1, -0.05) is 69.5 Å². The Morgan fingerprint density at radius 1 is 1.20 bits per heavy atom. The van der Waals surface area contributed by atoms with E-state index in [1.807, 2.05) is 0 Å². The van der Waals surface area contributed by atoms with Gasteiger partial charge in [0.05, 0.1) is 0 Å². The molecule has 0 aliphatic carbocycles. The Labute approximate surface area is 110 Å². The van der Waals surface area contributed by atoms with Gasteiger partial charge in [-0.2, -0.15) is 0 Å². The third-order valence-corrected chi connectivity index (χ3v) is 4.13. The normalized spacial score (nSPS) is 15.6. The molecule has 15 heavy (non-hydrogen) atoms. The summed E-state index contributed by atoms with van der Waals surface area (Å²) in [5.74, 6) is 1.64. The summed E-state index contributed by atoms with van der Waals surface area (Å²) >= 11 is 2.49. The molecule has 0 heterocycles. The summed E-state index contributed by atoms with van der Waals surface area (Å²) in [4.78, 5) is 0. The fourth-order valence-corrected chi connectivity index (χ4v) is 3.06. The number of alkyl halides is 1. The van der Waals surface area contributed by atoms with Crippen molar-refractivity contribution in [3.63, 3.8) is 0 Å². The molecule has 2 atom stereocenters. The Kier molecular flexibility index (Phi) is 10.3. The molecule has 0 aliphatic heterocycles. The zero-order chi connectivity index (χ0) is 11.7. The first-order valence-electron chi connectivity index (χ1n) is 6.44. The van der Waals surface area contributed by atoms with Gasteiger partial charge in [0.2, 0.25) is 0 Å². The van der Waals surface area contributed by atoms with Crippen molar-refractivity contribution in [1.82, 2.24) is 5.32 Å². The maximum atomic E-state index is 3.72. The summed E-state index contributed by atoms with van der Waals surface area (Å²) in [6.45, 7) is 10.4. The Morgan fingerprint density at radius 2 is 1.87 bits per heavy atom. The topological polar surface area (TPSA) is 12.0 Å². The summed E-state index contributed by atoms with van der Waals surface area (Å²) in [5, 5.41) is 3.72. The Balaban J connectivity index is 3.76. The van der Waals surface area contributed by atoms with Crippen LogP contribution in [0.15, 0.2) is 0 Å². The van der Waals surface area contributed by atoms with Crippen molar-refractivity contribution >= 4 is 22.6 Å². The molecular weight excluding hydrogens is 297 g/mol. The van der Waals surface area contributed by atoms with Crippen molar-refractivity contribution in [2.24, 2.45) is 11.8 Å². The maximum absolute atomic E-state index is 3.72. The molecule has 0 saturated carbocycles. The van der Waals surface area contributed by atoms with Gasteiger partial charge in [-0.3, -0.25) is 0 Å². The van der Waals surface area contributed by atoms with Crippen LogP contribution < -0.4 is 5.32 Å². The molecule has 2 heteroatoms. The highest BCUT2D eigenvalue weighted by atomic mass is 127. The summed E-state index contributed by atoms with van der Waals surface area (Å²) < 4.78 is 1.22. The van der Waals surface area contributed by atoms with Gasteiger partial charge in [-0.15, -0.1) is 0 Å². The Hall–Kier alpha value is 0.690. The van der Waals surface area contributed by atoms with Crippen molar-refractivity contribution in [1.29, 1.82) is 0 Å². The van der Waals surface area contributed by atoms with Crippen LogP contribution in [-0.2, 0) is 0 Å². The third-order valence-electron chi connectivity index (χ3n) is 3.18. The molecule has 0 aromatic heterocycles. The monoisotopic (exact) mass is 325 g/mol. The van der Waals surface area contributed by atoms with Crippen molar-refractivity contribution < 1.29 is 0 Å². The van der Waals surface area contributed by atoms with E-state index in [4.69, 9.17) is 0 Å². The van der Waals surface area contributed by atoms with Gasteiger partial charge in [-0.25, -0.2) is 0 Å². The van der Waals surface area contributed by atoms with Crippen LogP contribution >= 0.6 is 22.6 Å². The zero-order valence-corrected chi connectivity index (χ0v) is 13.0. The van der Waals surface area contributed by atoms with E-state index in [0.29, 0.717) is 6.04 Å². The number of unbranched alkanes of at least 4 members (excludes halogenated alkanes) is 1. The van der Waals surface area contributed by atoms with Gasteiger partial charge in [0.25, 0.3) is 0 Å². The van der Waals surface area contributed by atoms with Gasteiger partial charge < -0.3 is 5.32 Å². The van der Waals surface area contributed by atoms with E-state index in [-0.39, 0.29) is 0 Å². The van der Waals surface area contributed by atoms with E-state index in [9.17, 15) is 0 Å². The second kappa shape index (κ2) is 9.88. The number of rotatable bonds is 9. The van der Waals surface area contributed by atoms with E-state index in [1.165, 1.54) is 36.7 Å². The molecule has 92 valence electrons. The van der Waals surface area contributed by atoms with E-state index < -0.39 is 0 Å². The Bertz CT molecular complexity index is 136. The first-order chi connectivity index (χ1) is 7.15. The largest absolute Gasteiger partial charge is 0.313 e. The predicted octanol–water partition coefficient (Wildman–Crippen LogP) is 4.25. The van der Waals surface area contributed by atoms with Crippen molar-refractivity contribution in [3.05, 3.63) is 0 Å². The van der Waals surface area contributed by atoms with Gasteiger partial charge in [0.1, 0.15) is 0 Å². The standard InChI is InChI=1S/C13H28IN/c1-5-7-8-12(6-2)10-15-13(9-14)11(3)4/h11-13,15H,5-10H2,1-4H3. The molecule has 0 aliphatic rings. The first kappa shape index (κ1) is 15.7. The van der Waals surface area contributed by atoms with Crippen LogP contribution in [-0.4, -0.2) is 17.0 Å². The van der Waals surface area contributed by atoms with E-state index >= 15 is 0 Å². The number of halogens is 1. The van der Waals surface area contributed by atoms with Crippen molar-refractivity contribution in [3.8, 4) is 0 Å². The smallest absolute Gasteiger partial charge is 0.0180 e. The zero-order valence-electron chi connectivity index (χ0n) is 10.9. The quantitative estimate of drug-likeness (QED) is 0.494. The SMILES string of the molecule is CCCCC(CC)CNC(CI)C(C)C. The van der Waals surface area contributed by atoms with Crippen molar-refractivity contribution in [2.75, 3.05) is 11.0 Å². The van der Waals surface area contributed by atoms with Crippen LogP contribution in [0.3, 0.4) is 0 Å². The number of nitrogens with one attached hydrogen (secondary N) is 1. The highest BCUT2D eigenvalue weighted by molar-refractivity contribution is 14.1. The first-order valence-corrected chi connectivity index (χ1v) is 7.97. The second-order valence-corrected chi connectivity index (χ2v) is 5.71. The van der Waals surface area contributed by atoms with E-state index in [2.05, 4.69) is 55.6 Å². The van der Waals surface area contributed by atoms with Crippen molar-refractivity contribution in [2.45, 2.75) is 59.4 Å². The second-order valence-electron chi connectivity index (χ2n) is 4.83.